The second kappa shape index (κ2) is 10.1. The Labute approximate surface area is 211 Å². The summed E-state index contributed by atoms with van der Waals surface area (Å²) >= 11 is 0. The van der Waals surface area contributed by atoms with Crippen LogP contribution in [0.2, 0.25) is 0 Å². The largest absolute Gasteiger partial charge is 0.395 e. The van der Waals surface area contributed by atoms with E-state index in [2.05, 4.69) is 15.5 Å². The Morgan fingerprint density at radius 3 is 2.56 bits per heavy atom. The van der Waals surface area contributed by atoms with Crippen molar-refractivity contribution < 1.29 is 29.0 Å². The van der Waals surface area contributed by atoms with Crippen molar-refractivity contribution in [2.45, 2.75) is 43.6 Å². The van der Waals surface area contributed by atoms with Gasteiger partial charge in [-0.15, -0.1) is 0 Å². The number of likely N-dealkylation sites (tertiary alicyclic amines) is 1. The van der Waals surface area contributed by atoms with Gasteiger partial charge >= 0.3 is 0 Å². The summed E-state index contributed by atoms with van der Waals surface area (Å²) in [5.74, 6) is -2.27. The first-order chi connectivity index (χ1) is 17.4. The van der Waals surface area contributed by atoms with Crippen LogP contribution in [0.4, 0.5) is 0 Å². The van der Waals surface area contributed by atoms with Crippen LogP contribution in [-0.2, 0) is 30.4 Å². The number of nitrogens with one attached hydrogen (secondary N) is 2. The maximum atomic E-state index is 13.7. The second-order valence-electron chi connectivity index (χ2n) is 10.4. The van der Waals surface area contributed by atoms with Crippen LogP contribution in [-0.4, -0.2) is 102 Å². The van der Waals surface area contributed by atoms with Crippen molar-refractivity contribution in [3.8, 4) is 0 Å². The van der Waals surface area contributed by atoms with Crippen LogP contribution in [0.25, 0.3) is 0 Å². The lowest BCUT2D eigenvalue weighted by molar-refractivity contribution is -0.146. The fourth-order valence-electron chi connectivity index (χ4n) is 6.63. The summed E-state index contributed by atoms with van der Waals surface area (Å²) in [7, 11) is 0. The number of fused-ring (bicyclic) bond motifs is 1. The van der Waals surface area contributed by atoms with Gasteiger partial charge in [0.05, 0.1) is 37.3 Å². The van der Waals surface area contributed by atoms with Crippen LogP contribution >= 0.6 is 0 Å². The molecule has 3 amide bonds. The van der Waals surface area contributed by atoms with Crippen molar-refractivity contribution in [1.82, 2.24) is 20.4 Å². The van der Waals surface area contributed by atoms with Gasteiger partial charge in [-0.25, -0.2) is 0 Å². The van der Waals surface area contributed by atoms with Gasteiger partial charge in [0.1, 0.15) is 11.6 Å². The van der Waals surface area contributed by atoms with Crippen molar-refractivity contribution in [2.75, 3.05) is 52.5 Å². The van der Waals surface area contributed by atoms with E-state index in [1.165, 1.54) is 4.90 Å². The van der Waals surface area contributed by atoms with Gasteiger partial charge in [0.15, 0.2) is 0 Å². The summed E-state index contributed by atoms with van der Waals surface area (Å²) in [4.78, 5) is 44.3. The number of aliphatic hydroxyl groups is 1. The summed E-state index contributed by atoms with van der Waals surface area (Å²) in [5, 5.41) is 15.7. The van der Waals surface area contributed by atoms with Gasteiger partial charge in [-0.05, 0) is 25.3 Å². The van der Waals surface area contributed by atoms with E-state index >= 15 is 0 Å². The third-order valence-corrected chi connectivity index (χ3v) is 8.29. The Balaban J connectivity index is 1.33. The monoisotopic (exact) mass is 500 g/mol. The van der Waals surface area contributed by atoms with Gasteiger partial charge in [0.2, 0.25) is 17.7 Å². The van der Waals surface area contributed by atoms with Crippen molar-refractivity contribution in [3.05, 3.63) is 35.9 Å². The van der Waals surface area contributed by atoms with Crippen molar-refractivity contribution in [2.24, 2.45) is 11.8 Å². The molecule has 1 aromatic carbocycles. The van der Waals surface area contributed by atoms with Gasteiger partial charge in [0.25, 0.3) is 0 Å². The number of benzene rings is 1. The zero-order valence-corrected chi connectivity index (χ0v) is 20.8. The molecule has 0 saturated carbocycles. The Hall–Kier alpha value is -2.53. The van der Waals surface area contributed by atoms with Crippen LogP contribution in [0.1, 0.15) is 25.3 Å². The van der Waals surface area contributed by atoms with E-state index in [0.717, 1.165) is 18.7 Å². The summed E-state index contributed by atoms with van der Waals surface area (Å²) in [6.45, 7) is 6.12. The smallest absolute Gasteiger partial charge is 0.245 e. The summed E-state index contributed by atoms with van der Waals surface area (Å²) in [5.41, 5.74) is -0.927. The van der Waals surface area contributed by atoms with Crippen LogP contribution in [0.15, 0.2) is 30.3 Å². The molecule has 5 rings (SSSR count). The molecule has 4 aliphatic heterocycles. The highest BCUT2D eigenvalue weighted by Crippen LogP contribution is 2.63. The molecule has 4 saturated heterocycles. The maximum Gasteiger partial charge on any atom is 0.245 e. The lowest BCUT2D eigenvalue weighted by atomic mass is 9.66. The number of β-amino-alcohol motifs (C(OH)–C–C–N with tert-alkyl or cyclic N) is 1. The molecular formula is C26H36N4O6. The number of hydrogen-bond donors (Lipinski definition) is 3. The Morgan fingerprint density at radius 2 is 1.83 bits per heavy atom. The Bertz CT molecular complexity index is 986. The molecule has 5 atom stereocenters. The maximum absolute atomic E-state index is 13.7. The SMILES string of the molecule is C[C@@]12CCC3(O1)C(C(=O)NCCN1CCOCC1)N(CCO)C(=O)[C@@H]3[C@@H]2C(=O)NCc1ccccc1. The molecule has 1 spiro atoms. The lowest BCUT2D eigenvalue weighted by Gasteiger charge is -2.33. The normalized spacial score (nSPS) is 33.6. The highest BCUT2D eigenvalue weighted by molar-refractivity contribution is 5.99. The van der Waals surface area contributed by atoms with Gasteiger partial charge in [0, 0.05) is 39.3 Å². The number of carbonyl (C=O) groups is 3. The molecule has 0 aromatic heterocycles. The molecule has 10 heteroatoms. The highest BCUT2D eigenvalue weighted by Gasteiger charge is 2.77. The average molecular weight is 501 g/mol. The molecule has 0 aliphatic carbocycles. The number of nitrogens with zero attached hydrogens (tertiary/aromatic N) is 2. The quantitative estimate of drug-likeness (QED) is 0.418. The molecule has 4 heterocycles. The Morgan fingerprint density at radius 1 is 1.08 bits per heavy atom. The van der Waals surface area contributed by atoms with E-state index < -0.39 is 29.1 Å². The fourth-order valence-corrected chi connectivity index (χ4v) is 6.63. The van der Waals surface area contributed by atoms with Crippen LogP contribution in [0, 0.1) is 11.8 Å². The number of rotatable bonds is 9. The van der Waals surface area contributed by atoms with E-state index in [1.54, 1.807) is 0 Å². The molecular weight excluding hydrogens is 464 g/mol. The van der Waals surface area contributed by atoms with Crippen LogP contribution in [0.3, 0.4) is 0 Å². The Kier molecular flexibility index (Phi) is 7.04. The highest BCUT2D eigenvalue weighted by atomic mass is 16.5. The van der Waals surface area contributed by atoms with Gasteiger partial charge in [-0.2, -0.15) is 0 Å². The van der Waals surface area contributed by atoms with Crippen LogP contribution in [0.5, 0.6) is 0 Å². The first-order valence-electron chi connectivity index (χ1n) is 12.9. The first-order valence-corrected chi connectivity index (χ1v) is 12.9. The van der Waals surface area contributed by atoms with Crippen molar-refractivity contribution in [3.63, 3.8) is 0 Å². The van der Waals surface area contributed by atoms with Gasteiger partial charge in [-0.1, -0.05) is 30.3 Å². The third-order valence-electron chi connectivity index (χ3n) is 8.29. The zero-order chi connectivity index (χ0) is 25.3. The minimum Gasteiger partial charge on any atom is -0.395 e. The van der Waals surface area contributed by atoms with E-state index in [0.29, 0.717) is 45.7 Å². The number of hydrogen-bond acceptors (Lipinski definition) is 7. The molecule has 10 nitrogen and oxygen atoms in total. The first kappa shape index (κ1) is 25.1. The third kappa shape index (κ3) is 4.30. The second-order valence-corrected chi connectivity index (χ2v) is 10.4. The van der Waals surface area contributed by atoms with E-state index in [-0.39, 0.29) is 30.9 Å². The molecule has 2 bridgehead atoms. The molecule has 4 aliphatic rings. The average Bonchev–Trinajstić information content (AvgIpc) is 3.45. The standard InChI is InChI=1S/C26H36N4O6/c1-25-7-8-26(36-25)20(19(25)22(32)28-17-18-5-3-2-4-6-18)24(34)30(11-14-31)21(26)23(33)27-9-10-29-12-15-35-16-13-29/h2-6,19-21,31H,7-17H2,1H3,(H,27,33)(H,28,32)/t19-,20+,21?,25+,26?/m1/s1. The minimum absolute atomic E-state index is 0.0249. The summed E-state index contributed by atoms with van der Waals surface area (Å²) < 4.78 is 11.9. The number of aliphatic hydroxyl groups excluding tert-OH is 1. The molecule has 2 unspecified atom stereocenters. The minimum atomic E-state index is -1.07. The van der Waals surface area contributed by atoms with Gasteiger partial charge < -0.3 is 30.1 Å². The molecule has 196 valence electrons. The van der Waals surface area contributed by atoms with E-state index in [9.17, 15) is 19.5 Å². The van der Waals surface area contributed by atoms with E-state index in [1.807, 2.05) is 37.3 Å². The molecule has 36 heavy (non-hydrogen) atoms. The zero-order valence-electron chi connectivity index (χ0n) is 20.8. The summed E-state index contributed by atoms with van der Waals surface area (Å²) in [6.07, 6.45) is 1.11. The molecule has 4 fully saturated rings. The molecule has 0 radical (unpaired) electrons. The van der Waals surface area contributed by atoms with Crippen molar-refractivity contribution >= 4 is 17.7 Å². The topological polar surface area (TPSA) is 120 Å². The lowest BCUT2D eigenvalue weighted by Crippen LogP contribution is -2.56. The molecule has 1 aromatic rings. The number of ether oxygens (including phenoxy) is 2. The summed E-state index contributed by atoms with van der Waals surface area (Å²) in [6, 6.07) is 8.73. The predicted octanol–water partition coefficient (Wildman–Crippen LogP) is -0.492. The van der Waals surface area contributed by atoms with E-state index in [4.69, 9.17) is 9.47 Å². The fraction of sp³-hybridized carbons (Fsp3) is 0.654. The molecule has 3 N–H and O–H groups in total. The number of morpholine rings is 1. The predicted molar refractivity (Wildman–Crippen MR) is 130 cm³/mol. The number of amides is 3. The van der Waals surface area contributed by atoms with Crippen LogP contribution < -0.4 is 10.6 Å². The number of carbonyl (C=O) groups excluding carboxylic acids is 3. The van der Waals surface area contributed by atoms with Crippen molar-refractivity contribution in [1.29, 1.82) is 0 Å². The van der Waals surface area contributed by atoms with Gasteiger partial charge in [-0.3, -0.25) is 19.3 Å².